The summed E-state index contributed by atoms with van der Waals surface area (Å²) in [6.07, 6.45) is -4.75. The van der Waals surface area contributed by atoms with Gasteiger partial charge in [-0.2, -0.15) is 18.4 Å². The molecule has 0 aliphatic rings. The molecular formula is C23H18F3N3O2S. The van der Waals surface area contributed by atoms with Crippen LogP contribution in [0.25, 0.3) is 11.3 Å². The third-order valence-electron chi connectivity index (χ3n) is 4.26. The first-order chi connectivity index (χ1) is 15.3. The second kappa shape index (κ2) is 10.2. The van der Waals surface area contributed by atoms with Crippen molar-refractivity contribution in [3.63, 3.8) is 0 Å². The molecule has 0 spiro atoms. The summed E-state index contributed by atoms with van der Waals surface area (Å²) < 4.78 is 46.4. The molecule has 1 N–H and O–H groups in total. The van der Waals surface area contributed by atoms with Crippen molar-refractivity contribution >= 4 is 23.4 Å². The Morgan fingerprint density at radius 2 is 1.84 bits per heavy atom. The smallest absolute Gasteiger partial charge is 0.417 e. The van der Waals surface area contributed by atoms with E-state index >= 15 is 0 Å². The molecule has 0 radical (unpaired) electrons. The van der Waals surface area contributed by atoms with Crippen LogP contribution >= 0.6 is 11.8 Å². The third kappa shape index (κ3) is 5.80. The molecular weight excluding hydrogens is 439 g/mol. The molecule has 1 heterocycles. The monoisotopic (exact) mass is 457 g/mol. The fraction of sp³-hybridized carbons (Fsp3) is 0.174. The van der Waals surface area contributed by atoms with Crippen molar-refractivity contribution in [3.8, 4) is 23.1 Å². The number of nitriles is 1. The van der Waals surface area contributed by atoms with Gasteiger partial charge in [-0.3, -0.25) is 4.79 Å². The van der Waals surface area contributed by atoms with Crippen LogP contribution in [0.2, 0.25) is 0 Å². The number of rotatable bonds is 7. The predicted octanol–water partition coefficient (Wildman–Crippen LogP) is 5.77. The summed E-state index contributed by atoms with van der Waals surface area (Å²) in [4.78, 5) is 16.5. The van der Waals surface area contributed by atoms with Gasteiger partial charge >= 0.3 is 6.18 Å². The maximum absolute atomic E-state index is 13.7. The van der Waals surface area contributed by atoms with E-state index in [2.05, 4.69) is 10.3 Å². The molecule has 0 aliphatic carbocycles. The van der Waals surface area contributed by atoms with Crippen molar-refractivity contribution in [1.82, 2.24) is 4.98 Å². The summed E-state index contributed by atoms with van der Waals surface area (Å²) in [5, 5.41) is 11.9. The molecule has 0 saturated carbocycles. The van der Waals surface area contributed by atoms with E-state index < -0.39 is 23.2 Å². The normalized spacial score (nSPS) is 11.0. The molecule has 0 saturated heterocycles. The van der Waals surface area contributed by atoms with Gasteiger partial charge in [0.1, 0.15) is 16.8 Å². The van der Waals surface area contributed by atoms with Gasteiger partial charge in [0.15, 0.2) is 0 Å². The zero-order valence-electron chi connectivity index (χ0n) is 16.9. The average Bonchev–Trinajstić information content (AvgIpc) is 2.78. The Hall–Kier alpha value is -3.51. The maximum atomic E-state index is 13.7. The minimum atomic E-state index is -4.75. The number of hydrogen-bond acceptors (Lipinski definition) is 5. The van der Waals surface area contributed by atoms with E-state index in [4.69, 9.17) is 4.74 Å². The van der Waals surface area contributed by atoms with Crippen LogP contribution in [0.1, 0.15) is 18.1 Å². The van der Waals surface area contributed by atoms with Crippen molar-refractivity contribution in [3.05, 3.63) is 71.8 Å². The highest BCUT2D eigenvalue weighted by Gasteiger charge is 2.36. The summed E-state index contributed by atoms with van der Waals surface area (Å²) >= 11 is 0.779. The molecule has 1 aromatic heterocycles. The number of pyridine rings is 1. The zero-order chi connectivity index (χ0) is 23.1. The van der Waals surface area contributed by atoms with E-state index in [0.29, 0.717) is 23.6 Å². The van der Waals surface area contributed by atoms with E-state index in [1.165, 1.54) is 0 Å². The summed E-state index contributed by atoms with van der Waals surface area (Å²) in [6.45, 7) is 2.28. The van der Waals surface area contributed by atoms with Crippen LogP contribution in [-0.2, 0) is 11.0 Å². The van der Waals surface area contributed by atoms with Crippen molar-refractivity contribution in [2.75, 3.05) is 17.7 Å². The van der Waals surface area contributed by atoms with Gasteiger partial charge in [-0.1, -0.05) is 30.0 Å². The second-order valence-electron chi connectivity index (χ2n) is 6.51. The number of nitrogens with one attached hydrogen (secondary N) is 1. The first kappa shape index (κ1) is 23.2. The standard InChI is InChI=1S/C23H18F3N3O2S/c1-2-31-17-10-8-15(9-11-17)20-12-19(23(24,25)26)18(13-27)22(29-20)32-14-21(30)28-16-6-4-3-5-7-16/h3-12H,2,14H2,1H3,(H,28,30). The predicted molar refractivity (Wildman–Crippen MR) is 116 cm³/mol. The Bertz CT molecular complexity index is 1130. The van der Waals surface area contributed by atoms with Crippen LogP contribution in [0.15, 0.2) is 65.7 Å². The number of thioether (sulfide) groups is 1. The number of carbonyl (C=O) groups is 1. The highest BCUT2D eigenvalue weighted by Crippen LogP contribution is 2.38. The Labute approximate surface area is 187 Å². The number of halogens is 3. The molecule has 0 bridgehead atoms. The van der Waals surface area contributed by atoms with Gasteiger partial charge < -0.3 is 10.1 Å². The highest BCUT2D eigenvalue weighted by atomic mass is 32.2. The maximum Gasteiger partial charge on any atom is 0.417 e. The molecule has 5 nitrogen and oxygen atoms in total. The van der Waals surface area contributed by atoms with Crippen LogP contribution in [0, 0.1) is 11.3 Å². The highest BCUT2D eigenvalue weighted by molar-refractivity contribution is 8.00. The van der Waals surface area contributed by atoms with Gasteiger partial charge in [0.25, 0.3) is 0 Å². The topological polar surface area (TPSA) is 75.0 Å². The van der Waals surface area contributed by atoms with E-state index in [-0.39, 0.29) is 16.5 Å². The Balaban J connectivity index is 1.92. The first-order valence-electron chi connectivity index (χ1n) is 9.55. The van der Waals surface area contributed by atoms with Crippen LogP contribution in [0.5, 0.6) is 5.75 Å². The van der Waals surface area contributed by atoms with Crippen LogP contribution < -0.4 is 10.1 Å². The Morgan fingerprint density at radius 3 is 2.44 bits per heavy atom. The van der Waals surface area contributed by atoms with Gasteiger partial charge in [0, 0.05) is 11.3 Å². The van der Waals surface area contributed by atoms with E-state index in [1.54, 1.807) is 60.7 Å². The number of para-hydroxylation sites is 1. The molecule has 32 heavy (non-hydrogen) atoms. The zero-order valence-corrected chi connectivity index (χ0v) is 17.8. The second-order valence-corrected chi connectivity index (χ2v) is 7.47. The number of benzene rings is 2. The van der Waals surface area contributed by atoms with E-state index in [0.717, 1.165) is 17.8 Å². The number of nitrogens with zero attached hydrogens (tertiary/aromatic N) is 2. The SMILES string of the molecule is CCOc1ccc(-c2cc(C(F)(F)F)c(C#N)c(SCC(=O)Nc3ccccc3)n2)cc1. The van der Waals surface area contributed by atoms with Crippen molar-refractivity contribution < 1.29 is 22.7 Å². The van der Waals surface area contributed by atoms with Gasteiger partial charge in [-0.05, 0) is 49.4 Å². The molecule has 3 rings (SSSR count). The summed E-state index contributed by atoms with van der Waals surface area (Å²) in [5.74, 6) is -0.0549. The van der Waals surface area contributed by atoms with Gasteiger partial charge in [0.2, 0.25) is 5.91 Å². The fourth-order valence-corrected chi connectivity index (χ4v) is 3.65. The van der Waals surface area contributed by atoms with E-state index in [9.17, 15) is 23.2 Å². The lowest BCUT2D eigenvalue weighted by Gasteiger charge is -2.14. The lowest BCUT2D eigenvalue weighted by Crippen LogP contribution is -2.15. The molecule has 9 heteroatoms. The molecule has 0 fully saturated rings. The van der Waals surface area contributed by atoms with Gasteiger partial charge in [0.05, 0.1) is 29.2 Å². The van der Waals surface area contributed by atoms with Gasteiger partial charge in [-0.25, -0.2) is 4.98 Å². The van der Waals surface area contributed by atoms with Gasteiger partial charge in [-0.15, -0.1) is 0 Å². The molecule has 2 aromatic carbocycles. The fourth-order valence-electron chi connectivity index (χ4n) is 2.85. The molecule has 3 aromatic rings. The number of carbonyl (C=O) groups excluding carboxylic acids is 1. The largest absolute Gasteiger partial charge is 0.494 e. The Kier molecular flexibility index (Phi) is 7.38. The molecule has 1 amide bonds. The lowest BCUT2D eigenvalue weighted by molar-refractivity contribution is -0.138. The number of aromatic nitrogens is 1. The van der Waals surface area contributed by atoms with Crippen molar-refractivity contribution in [2.24, 2.45) is 0 Å². The minimum Gasteiger partial charge on any atom is -0.494 e. The quantitative estimate of drug-likeness (QED) is 0.456. The molecule has 0 aliphatic heterocycles. The average molecular weight is 457 g/mol. The first-order valence-corrected chi connectivity index (χ1v) is 10.5. The van der Waals surface area contributed by atoms with Crippen molar-refractivity contribution in [2.45, 2.75) is 18.1 Å². The number of anilines is 1. The summed E-state index contributed by atoms with van der Waals surface area (Å²) in [7, 11) is 0. The Morgan fingerprint density at radius 1 is 1.16 bits per heavy atom. The van der Waals surface area contributed by atoms with Crippen molar-refractivity contribution in [1.29, 1.82) is 5.26 Å². The molecule has 164 valence electrons. The number of ether oxygens (including phenoxy) is 1. The number of hydrogen-bond donors (Lipinski definition) is 1. The number of amides is 1. The van der Waals surface area contributed by atoms with Crippen LogP contribution in [0.3, 0.4) is 0 Å². The summed E-state index contributed by atoms with van der Waals surface area (Å²) in [5.41, 5.74) is -0.662. The van der Waals surface area contributed by atoms with Crippen LogP contribution in [0.4, 0.5) is 18.9 Å². The van der Waals surface area contributed by atoms with Crippen LogP contribution in [-0.4, -0.2) is 23.3 Å². The summed E-state index contributed by atoms with van der Waals surface area (Å²) in [6, 6.07) is 17.6. The third-order valence-corrected chi connectivity index (χ3v) is 5.24. The molecule has 0 unspecified atom stereocenters. The van der Waals surface area contributed by atoms with E-state index in [1.807, 2.05) is 6.92 Å². The number of alkyl halides is 3. The molecule has 0 atom stereocenters. The minimum absolute atomic E-state index is 0.0466. The lowest BCUT2D eigenvalue weighted by atomic mass is 10.1.